The number of benzene rings is 2. The Labute approximate surface area is 158 Å². The SMILES string of the molecule is Cc1cccc(N(C)N)c1COc1ccn(-c2ccccc2)n1.NNC=O. The number of nitrogens with zero attached hydrogens (tertiary/aromatic N) is 3. The Kier molecular flexibility index (Phi) is 7.36. The van der Waals surface area contributed by atoms with Gasteiger partial charge in [0.05, 0.1) is 11.4 Å². The van der Waals surface area contributed by atoms with E-state index in [1.807, 2.05) is 74.8 Å². The zero-order valence-electron chi connectivity index (χ0n) is 15.4. The Hall–Kier alpha value is -3.36. The van der Waals surface area contributed by atoms with E-state index < -0.39 is 0 Å². The Morgan fingerprint density at radius 1 is 1.19 bits per heavy atom. The van der Waals surface area contributed by atoms with Crippen molar-refractivity contribution in [2.45, 2.75) is 13.5 Å². The Bertz CT molecular complexity index is 848. The maximum absolute atomic E-state index is 8.94. The first-order chi connectivity index (χ1) is 13.1. The molecule has 142 valence electrons. The van der Waals surface area contributed by atoms with Gasteiger partial charge in [-0.15, -0.1) is 5.10 Å². The van der Waals surface area contributed by atoms with Crippen LogP contribution in [0.3, 0.4) is 0 Å². The van der Waals surface area contributed by atoms with Crippen molar-refractivity contribution in [3.8, 4) is 11.6 Å². The highest BCUT2D eigenvalue weighted by Gasteiger charge is 2.10. The summed E-state index contributed by atoms with van der Waals surface area (Å²) >= 11 is 0. The number of ether oxygens (including phenoxy) is 1. The van der Waals surface area contributed by atoms with E-state index in [0.717, 1.165) is 22.5 Å². The fourth-order valence-electron chi connectivity index (χ4n) is 2.46. The van der Waals surface area contributed by atoms with Crippen LogP contribution in [0.15, 0.2) is 60.8 Å². The minimum Gasteiger partial charge on any atom is -0.472 e. The molecule has 0 aliphatic rings. The van der Waals surface area contributed by atoms with Crippen LogP contribution in [-0.2, 0) is 11.4 Å². The smallest absolute Gasteiger partial charge is 0.233 e. The number of anilines is 1. The summed E-state index contributed by atoms with van der Waals surface area (Å²) in [6.07, 6.45) is 2.29. The van der Waals surface area contributed by atoms with E-state index in [0.29, 0.717) is 18.9 Å². The van der Waals surface area contributed by atoms with Gasteiger partial charge in [0.2, 0.25) is 12.3 Å². The Morgan fingerprint density at radius 2 is 1.89 bits per heavy atom. The molecular weight excluding hydrogens is 344 g/mol. The van der Waals surface area contributed by atoms with Crippen molar-refractivity contribution >= 4 is 12.1 Å². The van der Waals surface area contributed by atoms with E-state index in [1.54, 1.807) is 15.1 Å². The molecule has 0 aliphatic heterocycles. The van der Waals surface area contributed by atoms with Crippen LogP contribution in [0.1, 0.15) is 11.1 Å². The predicted octanol–water partition coefficient (Wildman–Crippen LogP) is 1.68. The molecule has 1 heterocycles. The van der Waals surface area contributed by atoms with E-state index in [1.165, 1.54) is 0 Å². The third-order valence-electron chi connectivity index (χ3n) is 3.78. The Morgan fingerprint density at radius 3 is 2.52 bits per heavy atom. The number of carbonyl (C=O) groups excluding carboxylic acids is 1. The molecule has 1 aromatic heterocycles. The zero-order chi connectivity index (χ0) is 19.6. The summed E-state index contributed by atoms with van der Waals surface area (Å²) in [6, 6.07) is 17.8. The fraction of sp³-hybridized carbons (Fsp3) is 0.158. The monoisotopic (exact) mass is 368 g/mol. The number of hydrogen-bond acceptors (Lipinski definition) is 6. The molecule has 0 spiro atoms. The summed E-state index contributed by atoms with van der Waals surface area (Å²) in [5, 5.41) is 6.05. The van der Waals surface area contributed by atoms with Gasteiger partial charge in [0.25, 0.3) is 0 Å². The van der Waals surface area contributed by atoms with Crippen LogP contribution < -0.4 is 26.9 Å². The lowest BCUT2D eigenvalue weighted by atomic mass is 10.1. The highest BCUT2D eigenvalue weighted by atomic mass is 16.5. The molecule has 1 amide bonds. The first-order valence-electron chi connectivity index (χ1n) is 8.27. The second-order valence-corrected chi connectivity index (χ2v) is 5.69. The van der Waals surface area contributed by atoms with Crippen LogP contribution in [0.4, 0.5) is 5.69 Å². The predicted molar refractivity (Wildman–Crippen MR) is 105 cm³/mol. The standard InChI is InChI=1S/C18H20N4O.CH4N2O/c1-14-7-6-10-17(21(2)19)16(14)13-23-18-11-12-22(20-18)15-8-4-3-5-9-15;2-3-1-4/h3-12H,13,19H2,1-2H3;1H,2H2,(H,3,4). The molecule has 0 radical (unpaired) electrons. The second-order valence-electron chi connectivity index (χ2n) is 5.69. The number of rotatable bonds is 6. The lowest BCUT2D eigenvalue weighted by Gasteiger charge is -2.18. The minimum absolute atomic E-state index is 0.403. The van der Waals surface area contributed by atoms with Crippen LogP contribution in [0.2, 0.25) is 0 Å². The van der Waals surface area contributed by atoms with Gasteiger partial charge in [0.1, 0.15) is 6.61 Å². The van der Waals surface area contributed by atoms with Crippen molar-refractivity contribution in [2.24, 2.45) is 11.7 Å². The fourth-order valence-corrected chi connectivity index (χ4v) is 2.46. The number of aromatic nitrogens is 2. The van der Waals surface area contributed by atoms with E-state index in [4.69, 9.17) is 15.4 Å². The van der Waals surface area contributed by atoms with Gasteiger partial charge in [-0.05, 0) is 30.7 Å². The number of amides is 1. The van der Waals surface area contributed by atoms with Gasteiger partial charge in [-0.2, -0.15) is 0 Å². The van der Waals surface area contributed by atoms with Gasteiger partial charge in [-0.3, -0.25) is 10.2 Å². The summed E-state index contributed by atoms with van der Waals surface area (Å²) in [6.45, 7) is 2.48. The molecule has 0 atom stereocenters. The summed E-state index contributed by atoms with van der Waals surface area (Å²) < 4.78 is 7.65. The van der Waals surface area contributed by atoms with E-state index in [-0.39, 0.29) is 0 Å². The highest BCUT2D eigenvalue weighted by molar-refractivity contribution is 5.55. The normalized spacial score (nSPS) is 9.78. The lowest BCUT2D eigenvalue weighted by molar-refractivity contribution is -0.109. The van der Waals surface area contributed by atoms with Crippen molar-refractivity contribution in [3.05, 3.63) is 71.9 Å². The van der Waals surface area contributed by atoms with Crippen LogP contribution in [0.5, 0.6) is 5.88 Å². The Balaban J connectivity index is 0.000000596. The molecule has 0 unspecified atom stereocenters. The number of nitrogens with one attached hydrogen (secondary N) is 1. The number of para-hydroxylation sites is 1. The topological polar surface area (TPSA) is 111 Å². The average molecular weight is 368 g/mol. The van der Waals surface area contributed by atoms with Gasteiger partial charge in [-0.25, -0.2) is 16.4 Å². The van der Waals surface area contributed by atoms with E-state index >= 15 is 0 Å². The van der Waals surface area contributed by atoms with Crippen molar-refractivity contribution in [2.75, 3.05) is 12.1 Å². The van der Waals surface area contributed by atoms with Crippen LogP contribution >= 0.6 is 0 Å². The molecule has 8 nitrogen and oxygen atoms in total. The summed E-state index contributed by atoms with van der Waals surface area (Å²) in [7, 11) is 1.82. The molecule has 27 heavy (non-hydrogen) atoms. The quantitative estimate of drug-likeness (QED) is 0.264. The number of nitrogens with two attached hydrogens (primary N) is 2. The summed E-state index contributed by atoms with van der Waals surface area (Å²) in [5.41, 5.74) is 5.90. The number of aryl methyl sites for hydroxylation is 1. The lowest BCUT2D eigenvalue weighted by Crippen LogP contribution is -2.26. The summed E-state index contributed by atoms with van der Waals surface area (Å²) in [4.78, 5) is 8.94. The van der Waals surface area contributed by atoms with Crippen molar-refractivity contribution < 1.29 is 9.53 Å². The number of hydrogen-bond donors (Lipinski definition) is 3. The van der Waals surface area contributed by atoms with Crippen molar-refractivity contribution in [1.29, 1.82) is 0 Å². The van der Waals surface area contributed by atoms with Gasteiger partial charge >= 0.3 is 0 Å². The third kappa shape index (κ3) is 5.56. The molecular formula is C19H24N6O2. The highest BCUT2D eigenvalue weighted by Crippen LogP contribution is 2.23. The first-order valence-corrected chi connectivity index (χ1v) is 8.27. The second kappa shape index (κ2) is 9.95. The van der Waals surface area contributed by atoms with Gasteiger partial charge in [0, 0.05) is 24.9 Å². The number of carbonyl (C=O) groups is 1. The first kappa shape index (κ1) is 20.0. The summed E-state index contributed by atoms with van der Waals surface area (Å²) in [5.74, 6) is 10.9. The largest absolute Gasteiger partial charge is 0.472 e. The van der Waals surface area contributed by atoms with Crippen LogP contribution in [-0.4, -0.2) is 23.2 Å². The molecule has 3 rings (SSSR count). The van der Waals surface area contributed by atoms with E-state index in [9.17, 15) is 0 Å². The molecule has 0 fully saturated rings. The maximum Gasteiger partial charge on any atom is 0.233 e. The molecule has 3 aromatic rings. The molecule has 8 heteroatoms. The van der Waals surface area contributed by atoms with Gasteiger partial charge < -0.3 is 9.75 Å². The van der Waals surface area contributed by atoms with Crippen molar-refractivity contribution in [3.63, 3.8) is 0 Å². The molecule has 0 aliphatic carbocycles. The molecule has 2 aromatic carbocycles. The van der Waals surface area contributed by atoms with Gasteiger partial charge in [-0.1, -0.05) is 30.3 Å². The maximum atomic E-state index is 8.94. The average Bonchev–Trinajstić information content (AvgIpc) is 3.16. The van der Waals surface area contributed by atoms with Gasteiger partial charge in [0.15, 0.2) is 0 Å². The molecule has 5 N–H and O–H groups in total. The van der Waals surface area contributed by atoms with E-state index in [2.05, 4.69) is 10.9 Å². The third-order valence-corrected chi connectivity index (χ3v) is 3.78. The van der Waals surface area contributed by atoms with Crippen LogP contribution in [0.25, 0.3) is 5.69 Å². The molecule has 0 bridgehead atoms. The number of hydrazine groups is 2. The minimum atomic E-state index is 0.403. The van der Waals surface area contributed by atoms with Crippen molar-refractivity contribution in [1.82, 2.24) is 15.2 Å². The molecule has 0 saturated carbocycles. The van der Waals surface area contributed by atoms with Crippen LogP contribution in [0, 0.1) is 6.92 Å². The molecule has 0 saturated heterocycles. The zero-order valence-corrected chi connectivity index (χ0v) is 15.4.